The molecule has 0 aromatic heterocycles. The molecule has 0 saturated heterocycles. The van der Waals surface area contributed by atoms with Crippen LogP contribution in [0.3, 0.4) is 0 Å². The van der Waals surface area contributed by atoms with E-state index >= 15 is 0 Å². The van der Waals surface area contributed by atoms with E-state index in [1.807, 2.05) is 37.3 Å². The summed E-state index contributed by atoms with van der Waals surface area (Å²) in [6, 6.07) is 18.5. The summed E-state index contributed by atoms with van der Waals surface area (Å²) in [5, 5.41) is 10.6. The molecule has 1 nitrogen and oxygen atoms in total. The van der Waals surface area contributed by atoms with Crippen molar-refractivity contribution in [2.45, 2.75) is 32.8 Å². The lowest BCUT2D eigenvalue weighted by Gasteiger charge is -2.30. The van der Waals surface area contributed by atoms with Crippen LogP contribution in [0.1, 0.15) is 32.8 Å². The third-order valence-corrected chi connectivity index (χ3v) is 4.15. The quantitative estimate of drug-likeness (QED) is 0.845. The number of hydrogen-bond acceptors (Lipinski definition) is 1. The molecule has 0 spiro atoms. The van der Waals surface area contributed by atoms with E-state index in [-0.39, 0.29) is 5.92 Å². The molecular formula is C18H22O. The van der Waals surface area contributed by atoms with Crippen molar-refractivity contribution >= 4 is 0 Å². The van der Waals surface area contributed by atoms with E-state index in [2.05, 4.69) is 38.1 Å². The highest BCUT2D eigenvalue weighted by Gasteiger charge is 2.28. The van der Waals surface area contributed by atoms with E-state index < -0.39 is 5.60 Å². The van der Waals surface area contributed by atoms with Gasteiger partial charge in [-0.15, -0.1) is 0 Å². The topological polar surface area (TPSA) is 20.2 Å². The Morgan fingerprint density at radius 2 is 1.47 bits per heavy atom. The molecule has 2 unspecified atom stereocenters. The van der Waals surface area contributed by atoms with Gasteiger partial charge in [0.05, 0.1) is 5.60 Å². The van der Waals surface area contributed by atoms with Gasteiger partial charge >= 0.3 is 0 Å². The van der Waals surface area contributed by atoms with Crippen LogP contribution >= 0.6 is 0 Å². The lowest BCUT2D eigenvalue weighted by Crippen LogP contribution is -2.29. The second kappa shape index (κ2) is 5.58. The minimum absolute atomic E-state index is 0.245. The zero-order valence-electron chi connectivity index (χ0n) is 11.9. The van der Waals surface area contributed by atoms with Crippen LogP contribution < -0.4 is 0 Å². The first-order valence-electron chi connectivity index (χ1n) is 6.94. The monoisotopic (exact) mass is 254 g/mol. The summed E-state index contributed by atoms with van der Waals surface area (Å²) >= 11 is 0. The zero-order valence-corrected chi connectivity index (χ0v) is 11.9. The highest BCUT2D eigenvalue weighted by molar-refractivity contribution is 5.63. The first-order chi connectivity index (χ1) is 9.05. The molecule has 0 saturated carbocycles. The van der Waals surface area contributed by atoms with Gasteiger partial charge in [0.1, 0.15) is 0 Å². The molecule has 0 amide bonds. The van der Waals surface area contributed by atoms with E-state index in [1.165, 1.54) is 11.1 Å². The van der Waals surface area contributed by atoms with Gasteiger partial charge in [0.25, 0.3) is 0 Å². The summed E-state index contributed by atoms with van der Waals surface area (Å²) in [4.78, 5) is 0. The van der Waals surface area contributed by atoms with Gasteiger partial charge in [0.15, 0.2) is 0 Å². The Hall–Kier alpha value is -1.60. The van der Waals surface area contributed by atoms with Crippen molar-refractivity contribution in [2.24, 2.45) is 5.92 Å². The van der Waals surface area contributed by atoms with Gasteiger partial charge in [-0.2, -0.15) is 0 Å². The molecule has 0 heterocycles. The fourth-order valence-electron chi connectivity index (χ4n) is 2.31. The van der Waals surface area contributed by atoms with Crippen molar-refractivity contribution in [1.29, 1.82) is 0 Å². The van der Waals surface area contributed by atoms with Crippen LogP contribution in [0.4, 0.5) is 0 Å². The first kappa shape index (κ1) is 13.8. The molecule has 2 aromatic carbocycles. The largest absolute Gasteiger partial charge is 0.385 e. The van der Waals surface area contributed by atoms with Gasteiger partial charge < -0.3 is 5.11 Å². The molecule has 0 bridgehead atoms. The van der Waals surface area contributed by atoms with E-state index in [4.69, 9.17) is 0 Å². The van der Waals surface area contributed by atoms with E-state index in [9.17, 15) is 5.11 Å². The number of aliphatic hydroxyl groups is 1. The molecular weight excluding hydrogens is 232 g/mol. The SMILES string of the molecule is CCC(C)C(C)(O)c1ccc(-c2ccccc2)cc1. The second-order valence-corrected chi connectivity index (χ2v) is 5.40. The number of benzene rings is 2. The molecule has 100 valence electrons. The van der Waals surface area contributed by atoms with Gasteiger partial charge in [0.2, 0.25) is 0 Å². The molecule has 2 atom stereocenters. The summed E-state index contributed by atoms with van der Waals surface area (Å²) in [6.07, 6.45) is 0.966. The third kappa shape index (κ3) is 2.87. The average molecular weight is 254 g/mol. The molecule has 0 aliphatic rings. The Morgan fingerprint density at radius 1 is 0.947 bits per heavy atom. The molecule has 2 rings (SSSR count). The average Bonchev–Trinajstić information content (AvgIpc) is 2.47. The van der Waals surface area contributed by atoms with Gasteiger partial charge in [-0.25, -0.2) is 0 Å². The third-order valence-electron chi connectivity index (χ3n) is 4.15. The molecule has 0 aliphatic heterocycles. The van der Waals surface area contributed by atoms with E-state index in [0.717, 1.165) is 12.0 Å². The highest BCUT2D eigenvalue weighted by Crippen LogP contribution is 2.32. The smallest absolute Gasteiger partial charge is 0.0893 e. The standard InChI is InChI=1S/C18H22O/c1-4-14(2)18(3,19)17-12-10-16(11-13-17)15-8-6-5-7-9-15/h5-14,19H,4H2,1-3H3. The highest BCUT2D eigenvalue weighted by atomic mass is 16.3. The van der Waals surface area contributed by atoms with Crippen LogP contribution in [0.5, 0.6) is 0 Å². The van der Waals surface area contributed by atoms with Crippen LogP contribution in [0, 0.1) is 5.92 Å². The van der Waals surface area contributed by atoms with Crippen molar-refractivity contribution in [3.05, 3.63) is 60.2 Å². The van der Waals surface area contributed by atoms with Gasteiger partial charge in [0, 0.05) is 0 Å². The number of rotatable bonds is 4. The Kier molecular flexibility index (Phi) is 4.06. The molecule has 0 radical (unpaired) electrons. The van der Waals surface area contributed by atoms with Crippen molar-refractivity contribution in [3.8, 4) is 11.1 Å². The first-order valence-corrected chi connectivity index (χ1v) is 6.94. The zero-order chi connectivity index (χ0) is 13.9. The normalized spacial score (nSPS) is 15.8. The maximum atomic E-state index is 10.6. The predicted octanol–water partition coefficient (Wildman–Crippen LogP) is 4.61. The molecule has 1 N–H and O–H groups in total. The van der Waals surface area contributed by atoms with Crippen LogP contribution in [-0.4, -0.2) is 5.11 Å². The summed E-state index contributed by atoms with van der Waals surface area (Å²) < 4.78 is 0. The molecule has 2 aromatic rings. The maximum absolute atomic E-state index is 10.6. The Morgan fingerprint density at radius 3 is 2.00 bits per heavy atom. The summed E-state index contributed by atoms with van der Waals surface area (Å²) in [5.41, 5.74) is 2.62. The van der Waals surface area contributed by atoms with Crippen LogP contribution in [0.2, 0.25) is 0 Å². The number of hydrogen-bond donors (Lipinski definition) is 1. The summed E-state index contributed by atoms with van der Waals surface area (Å²) in [6.45, 7) is 6.10. The minimum Gasteiger partial charge on any atom is -0.385 e. The van der Waals surface area contributed by atoms with Crippen molar-refractivity contribution in [1.82, 2.24) is 0 Å². The molecule has 0 aliphatic carbocycles. The van der Waals surface area contributed by atoms with E-state index in [0.29, 0.717) is 0 Å². The van der Waals surface area contributed by atoms with Gasteiger partial charge in [-0.05, 0) is 29.5 Å². The Bertz CT molecular complexity index is 511. The summed E-state index contributed by atoms with van der Waals surface area (Å²) in [5.74, 6) is 0.245. The van der Waals surface area contributed by atoms with Crippen molar-refractivity contribution in [2.75, 3.05) is 0 Å². The van der Waals surface area contributed by atoms with Crippen LogP contribution in [-0.2, 0) is 5.60 Å². The Balaban J connectivity index is 2.29. The molecule has 19 heavy (non-hydrogen) atoms. The van der Waals surface area contributed by atoms with Gasteiger partial charge in [-0.3, -0.25) is 0 Å². The van der Waals surface area contributed by atoms with Crippen LogP contribution in [0.15, 0.2) is 54.6 Å². The van der Waals surface area contributed by atoms with Crippen molar-refractivity contribution in [3.63, 3.8) is 0 Å². The van der Waals surface area contributed by atoms with Gasteiger partial charge in [-0.1, -0.05) is 74.9 Å². The molecule has 0 fully saturated rings. The Labute approximate surface area is 115 Å². The molecule has 1 heteroatoms. The fraction of sp³-hybridized carbons (Fsp3) is 0.333. The summed E-state index contributed by atoms with van der Waals surface area (Å²) in [7, 11) is 0. The predicted molar refractivity (Wildman–Crippen MR) is 80.9 cm³/mol. The maximum Gasteiger partial charge on any atom is 0.0893 e. The lowest BCUT2D eigenvalue weighted by molar-refractivity contribution is 0.0000327. The lowest BCUT2D eigenvalue weighted by atomic mass is 9.82. The fourth-order valence-corrected chi connectivity index (χ4v) is 2.31. The van der Waals surface area contributed by atoms with Crippen LogP contribution in [0.25, 0.3) is 11.1 Å². The second-order valence-electron chi connectivity index (χ2n) is 5.40. The minimum atomic E-state index is -0.760. The van der Waals surface area contributed by atoms with Crippen molar-refractivity contribution < 1.29 is 5.11 Å². The van der Waals surface area contributed by atoms with E-state index in [1.54, 1.807) is 0 Å².